The molecule has 2 aromatic carbocycles. The van der Waals surface area contributed by atoms with Gasteiger partial charge in [0.05, 0.1) is 34.7 Å². The van der Waals surface area contributed by atoms with Gasteiger partial charge >= 0.3 is 12.2 Å². The highest BCUT2D eigenvalue weighted by molar-refractivity contribution is 6.00. The maximum Gasteiger partial charge on any atom is 0.435 e. The summed E-state index contributed by atoms with van der Waals surface area (Å²) in [5.41, 5.74) is 1.70. The summed E-state index contributed by atoms with van der Waals surface area (Å²) in [6, 6.07) is 22.4. The number of aromatic nitrogens is 4. The number of hydrogen-bond donors (Lipinski definition) is 2. The Balaban J connectivity index is 1.53. The fourth-order valence-corrected chi connectivity index (χ4v) is 7.03. The van der Waals surface area contributed by atoms with Crippen molar-refractivity contribution < 1.29 is 29.3 Å². The second-order valence-electron chi connectivity index (χ2n) is 16.1. The lowest BCUT2D eigenvalue weighted by atomic mass is 10.0. The molecule has 12 heteroatoms. The Morgan fingerprint density at radius 1 is 0.654 bits per heavy atom. The number of rotatable bonds is 8. The highest BCUT2D eigenvalue weighted by Gasteiger charge is 2.42. The van der Waals surface area contributed by atoms with Gasteiger partial charge in [-0.15, -0.1) is 0 Å². The van der Waals surface area contributed by atoms with Crippen molar-refractivity contribution in [2.75, 3.05) is 10.0 Å². The van der Waals surface area contributed by atoms with E-state index in [1.807, 2.05) is 114 Å². The van der Waals surface area contributed by atoms with Gasteiger partial charge in [0, 0.05) is 24.0 Å². The van der Waals surface area contributed by atoms with Crippen LogP contribution in [0.2, 0.25) is 0 Å². The third-order valence-electron chi connectivity index (χ3n) is 9.73. The van der Waals surface area contributed by atoms with E-state index in [2.05, 4.69) is 0 Å². The van der Waals surface area contributed by atoms with Gasteiger partial charge in [-0.1, -0.05) is 60.7 Å². The lowest BCUT2D eigenvalue weighted by Crippen LogP contribution is -2.54. The Kier molecular flexibility index (Phi) is 10.8. The molecule has 0 radical (unpaired) electrons. The van der Waals surface area contributed by atoms with Crippen molar-refractivity contribution in [3.05, 3.63) is 95.3 Å². The molecule has 6 rings (SSSR count). The molecule has 2 aliphatic rings. The number of aliphatic hydroxyl groups is 2. The number of anilines is 2. The standard InChI is InChI=1S/C40H52N6O6/c1-39(2,3)45-35(23-33(41-45)29-17-19-31(47)21-29)43(37(49)51-25-27-13-9-7-10-14-27)44(38(50)52-26-28-15-11-8-12-16-28)36-24-34(30-18-20-32(48)22-30)42-46(36)40(4,5)6/h7-16,23-24,29-32,47-48H,17-22,25-26H2,1-6H3/t29-,30+,31+,32-. The van der Waals surface area contributed by atoms with Crippen LogP contribution < -0.4 is 10.0 Å². The molecule has 2 saturated carbocycles. The summed E-state index contributed by atoms with van der Waals surface area (Å²) in [6.07, 6.45) is 1.42. The van der Waals surface area contributed by atoms with E-state index in [1.54, 1.807) is 9.36 Å². The van der Waals surface area contributed by atoms with E-state index in [4.69, 9.17) is 19.7 Å². The zero-order valence-electron chi connectivity index (χ0n) is 31.1. The van der Waals surface area contributed by atoms with Crippen LogP contribution in [0.5, 0.6) is 0 Å². The molecule has 0 spiro atoms. The zero-order chi connectivity index (χ0) is 37.2. The fourth-order valence-electron chi connectivity index (χ4n) is 7.03. The highest BCUT2D eigenvalue weighted by atomic mass is 16.6. The van der Waals surface area contributed by atoms with Gasteiger partial charge in [0.25, 0.3) is 0 Å². The molecule has 2 aliphatic carbocycles. The molecule has 2 N–H and O–H groups in total. The van der Waals surface area contributed by atoms with Crippen molar-refractivity contribution in [1.82, 2.24) is 19.6 Å². The Bertz CT molecular complexity index is 1690. The van der Waals surface area contributed by atoms with E-state index in [9.17, 15) is 19.8 Å². The molecule has 4 atom stereocenters. The lowest BCUT2D eigenvalue weighted by Gasteiger charge is -2.36. The van der Waals surface area contributed by atoms with E-state index < -0.39 is 35.5 Å². The van der Waals surface area contributed by atoms with E-state index in [0.717, 1.165) is 24.0 Å². The van der Waals surface area contributed by atoms with Crippen LogP contribution in [-0.2, 0) is 33.8 Å². The predicted octanol–water partition coefficient (Wildman–Crippen LogP) is 7.75. The van der Waals surface area contributed by atoms with Crippen LogP contribution in [0.25, 0.3) is 0 Å². The zero-order valence-corrected chi connectivity index (χ0v) is 31.1. The molecule has 0 aliphatic heterocycles. The van der Waals surface area contributed by atoms with Crippen molar-refractivity contribution >= 4 is 23.8 Å². The quantitative estimate of drug-likeness (QED) is 0.177. The number of benzene rings is 2. The summed E-state index contributed by atoms with van der Waals surface area (Å²) < 4.78 is 15.5. The van der Waals surface area contributed by atoms with Crippen LogP contribution >= 0.6 is 0 Å². The minimum atomic E-state index is -0.816. The first-order valence-electron chi connectivity index (χ1n) is 18.3. The average Bonchev–Trinajstić information content (AvgIpc) is 3.92. The molecule has 2 heterocycles. The van der Waals surface area contributed by atoms with Crippen LogP contribution in [0.1, 0.15) is 114 Å². The van der Waals surface area contributed by atoms with Gasteiger partial charge in [0.2, 0.25) is 0 Å². The molecular weight excluding hydrogens is 660 g/mol. The minimum absolute atomic E-state index is 0.0291. The topological polar surface area (TPSA) is 135 Å². The molecule has 2 amide bonds. The highest BCUT2D eigenvalue weighted by Crippen LogP contribution is 2.41. The number of carbonyl (C=O) groups is 2. The second kappa shape index (κ2) is 15.1. The van der Waals surface area contributed by atoms with Crippen LogP contribution in [0.4, 0.5) is 21.2 Å². The van der Waals surface area contributed by atoms with Crippen molar-refractivity contribution in [2.24, 2.45) is 0 Å². The Morgan fingerprint density at radius 2 is 1.02 bits per heavy atom. The van der Waals surface area contributed by atoms with E-state index in [0.29, 0.717) is 48.7 Å². The third-order valence-corrected chi connectivity index (χ3v) is 9.73. The molecule has 0 unspecified atom stereocenters. The van der Waals surface area contributed by atoms with Gasteiger partial charge in [0.15, 0.2) is 11.6 Å². The number of amides is 2. The summed E-state index contributed by atoms with van der Waals surface area (Å²) in [5, 5.41) is 33.4. The molecule has 2 aromatic heterocycles. The number of hydrazine groups is 1. The first-order chi connectivity index (χ1) is 24.7. The normalized spacial score (nSPS) is 20.5. The SMILES string of the molecule is CC(C)(C)n1nc([C@@H]2CC[C@H](O)C2)cc1N(C(=O)OCc1ccccc1)N(C(=O)OCc1ccccc1)c1cc([C@H]2CC[C@@H](O)C2)nn1C(C)(C)C. The largest absolute Gasteiger partial charge is 0.443 e. The van der Waals surface area contributed by atoms with Crippen molar-refractivity contribution in [1.29, 1.82) is 0 Å². The fraction of sp³-hybridized carbons (Fsp3) is 0.500. The molecular formula is C40H52N6O6. The van der Waals surface area contributed by atoms with Crippen LogP contribution in [-0.4, -0.2) is 54.2 Å². The van der Waals surface area contributed by atoms with E-state index >= 15 is 0 Å². The molecule has 0 saturated heterocycles. The van der Waals surface area contributed by atoms with Gasteiger partial charge in [-0.2, -0.15) is 20.2 Å². The number of carbonyl (C=O) groups excluding carboxylic acids is 2. The molecule has 4 aromatic rings. The van der Waals surface area contributed by atoms with Gasteiger partial charge < -0.3 is 19.7 Å². The number of ether oxygens (including phenoxy) is 2. The summed E-state index contributed by atoms with van der Waals surface area (Å²) >= 11 is 0. The Hall–Kier alpha value is -4.68. The number of nitrogens with zero attached hydrogens (tertiary/aromatic N) is 6. The second-order valence-corrected chi connectivity index (χ2v) is 16.1. The first kappa shape index (κ1) is 37.1. The maximum atomic E-state index is 14.7. The smallest absolute Gasteiger partial charge is 0.435 e. The van der Waals surface area contributed by atoms with E-state index in [1.165, 1.54) is 10.0 Å². The van der Waals surface area contributed by atoms with Gasteiger partial charge in [-0.05, 0) is 91.2 Å². The van der Waals surface area contributed by atoms with Crippen molar-refractivity contribution in [2.45, 2.75) is 128 Å². The Labute approximate surface area is 305 Å². The number of hydrogen-bond acceptors (Lipinski definition) is 8. The van der Waals surface area contributed by atoms with Gasteiger partial charge in [-0.25, -0.2) is 19.0 Å². The van der Waals surface area contributed by atoms with Crippen LogP contribution in [0, 0.1) is 0 Å². The molecule has 52 heavy (non-hydrogen) atoms. The molecule has 278 valence electrons. The Morgan fingerprint density at radius 3 is 1.33 bits per heavy atom. The molecule has 12 nitrogen and oxygen atoms in total. The summed E-state index contributed by atoms with van der Waals surface area (Å²) in [7, 11) is 0. The maximum absolute atomic E-state index is 14.7. The van der Waals surface area contributed by atoms with Crippen LogP contribution in [0.3, 0.4) is 0 Å². The first-order valence-corrected chi connectivity index (χ1v) is 18.3. The third kappa shape index (κ3) is 8.34. The monoisotopic (exact) mass is 712 g/mol. The lowest BCUT2D eigenvalue weighted by molar-refractivity contribution is 0.132. The van der Waals surface area contributed by atoms with Crippen LogP contribution in [0.15, 0.2) is 72.8 Å². The summed E-state index contributed by atoms with van der Waals surface area (Å²) in [6.45, 7) is 11.8. The van der Waals surface area contributed by atoms with Crippen molar-refractivity contribution in [3.63, 3.8) is 0 Å². The van der Waals surface area contributed by atoms with Crippen molar-refractivity contribution in [3.8, 4) is 0 Å². The minimum Gasteiger partial charge on any atom is -0.443 e. The predicted molar refractivity (Wildman–Crippen MR) is 198 cm³/mol. The molecule has 2 fully saturated rings. The van der Waals surface area contributed by atoms with Gasteiger partial charge in [-0.3, -0.25) is 0 Å². The summed E-state index contributed by atoms with van der Waals surface area (Å²) in [5.74, 6) is 0.549. The van der Waals surface area contributed by atoms with E-state index in [-0.39, 0.29) is 25.0 Å². The number of aliphatic hydroxyl groups excluding tert-OH is 2. The van der Waals surface area contributed by atoms with Gasteiger partial charge in [0.1, 0.15) is 13.2 Å². The summed E-state index contributed by atoms with van der Waals surface area (Å²) in [4.78, 5) is 29.5. The average molecular weight is 713 g/mol. The molecule has 0 bridgehead atoms.